The summed E-state index contributed by atoms with van der Waals surface area (Å²) in [5, 5.41) is 0. The van der Waals surface area contributed by atoms with Crippen LogP contribution in [-0.4, -0.2) is 18.0 Å². The number of alkyl halides is 2. The maximum absolute atomic E-state index is 6.88. The first-order valence-electron chi connectivity index (χ1n) is 10.7. The van der Waals surface area contributed by atoms with Crippen molar-refractivity contribution in [2.75, 3.05) is 7.05 Å². The van der Waals surface area contributed by atoms with Gasteiger partial charge in [-0.3, -0.25) is 4.90 Å². The summed E-state index contributed by atoms with van der Waals surface area (Å²) in [6, 6.07) is 18.0. The normalized spacial score (nSPS) is 20.2. The fraction of sp³-hybridized carbons (Fsp3) is 0.520. The van der Waals surface area contributed by atoms with Crippen LogP contribution in [0.4, 0.5) is 0 Å². The molecule has 2 aromatic rings. The van der Waals surface area contributed by atoms with Gasteiger partial charge in [0.2, 0.25) is 0 Å². The average Bonchev–Trinajstić information content (AvgIpc) is 3.62. The zero-order chi connectivity index (χ0) is 19.8. The van der Waals surface area contributed by atoms with E-state index in [0.717, 1.165) is 51.5 Å². The standard InChI is InChI=1S/C25H31Cl2N/c1-3-20(28(2)18-19-8-5-4-6-9-19)12-13-21-22(24(26)14-15-24)10-7-11-23(21)25(27)16-17-25/h4-11,20H,3,12-18H2,1-2H3. The van der Waals surface area contributed by atoms with Crippen LogP contribution in [0, 0.1) is 0 Å². The molecule has 0 radical (unpaired) electrons. The van der Waals surface area contributed by atoms with E-state index in [1.807, 2.05) is 0 Å². The molecule has 2 fully saturated rings. The number of halogens is 2. The van der Waals surface area contributed by atoms with E-state index in [1.54, 1.807) is 0 Å². The van der Waals surface area contributed by atoms with Gasteiger partial charge in [-0.15, -0.1) is 23.2 Å². The predicted molar refractivity (Wildman–Crippen MR) is 120 cm³/mol. The van der Waals surface area contributed by atoms with Crippen LogP contribution in [0.5, 0.6) is 0 Å². The number of rotatable bonds is 9. The molecule has 1 atom stereocenters. The molecule has 0 heterocycles. The molecule has 0 amide bonds. The van der Waals surface area contributed by atoms with E-state index >= 15 is 0 Å². The molecule has 0 spiro atoms. The molecular formula is C25H31Cl2N. The van der Waals surface area contributed by atoms with Crippen molar-refractivity contribution in [3.8, 4) is 0 Å². The molecule has 2 aromatic carbocycles. The van der Waals surface area contributed by atoms with Crippen LogP contribution in [0.25, 0.3) is 0 Å². The van der Waals surface area contributed by atoms with Crippen molar-refractivity contribution in [1.29, 1.82) is 0 Å². The van der Waals surface area contributed by atoms with Crippen LogP contribution in [0.3, 0.4) is 0 Å². The second-order valence-electron chi connectivity index (χ2n) is 8.76. The Morgan fingerprint density at radius 1 is 0.893 bits per heavy atom. The van der Waals surface area contributed by atoms with Crippen molar-refractivity contribution in [3.05, 3.63) is 70.8 Å². The lowest BCUT2D eigenvalue weighted by Crippen LogP contribution is -2.31. The molecule has 2 saturated carbocycles. The Morgan fingerprint density at radius 3 is 1.96 bits per heavy atom. The first kappa shape index (κ1) is 20.3. The molecule has 1 unspecified atom stereocenters. The summed E-state index contributed by atoms with van der Waals surface area (Å²) >= 11 is 13.8. The molecular weight excluding hydrogens is 385 g/mol. The molecule has 28 heavy (non-hydrogen) atoms. The molecule has 0 bridgehead atoms. The van der Waals surface area contributed by atoms with Crippen LogP contribution in [0.15, 0.2) is 48.5 Å². The van der Waals surface area contributed by atoms with Crippen molar-refractivity contribution < 1.29 is 0 Å². The van der Waals surface area contributed by atoms with Gasteiger partial charge in [0.05, 0.1) is 9.75 Å². The van der Waals surface area contributed by atoms with Gasteiger partial charge in [0.25, 0.3) is 0 Å². The lowest BCUT2D eigenvalue weighted by atomic mass is 9.89. The minimum Gasteiger partial charge on any atom is -0.299 e. The summed E-state index contributed by atoms with van der Waals surface area (Å²) in [6.45, 7) is 3.29. The van der Waals surface area contributed by atoms with Gasteiger partial charge in [0.15, 0.2) is 0 Å². The lowest BCUT2D eigenvalue weighted by molar-refractivity contribution is 0.216. The Labute approximate surface area is 180 Å². The molecule has 1 nitrogen and oxygen atoms in total. The highest BCUT2D eigenvalue weighted by atomic mass is 35.5. The summed E-state index contributed by atoms with van der Waals surface area (Å²) in [4.78, 5) is 2.23. The Bertz CT molecular complexity index is 772. The van der Waals surface area contributed by atoms with E-state index in [-0.39, 0.29) is 9.75 Å². The molecule has 0 aliphatic heterocycles. The summed E-state index contributed by atoms with van der Waals surface area (Å²) in [7, 11) is 2.25. The second-order valence-corrected chi connectivity index (χ2v) is 10.2. The van der Waals surface area contributed by atoms with E-state index in [0.29, 0.717) is 6.04 Å². The van der Waals surface area contributed by atoms with E-state index in [2.05, 4.69) is 67.4 Å². The predicted octanol–water partition coefficient (Wildman–Crippen LogP) is 6.99. The van der Waals surface area contributed by atoms with Gasteiger partial charge in [0, 0.05) is 12.6 Å². The number of hydrogen-bond donors (Lipinski definition) is 0. The van der Waals surface area contributed by atoms with Crippen LogP contribution in [0.1, 0.15) is 67.7 Å². The highest BCUT2D eigenvalue weighted by Crippen LogP contribution is 2.58. The van der Waals surface area contributed by atoms with Crippen LogP contribution in [-0.2, 0) is 22.7 Å². The Kier molecular flexibility index (Phi) is 5.80. The third kappa shape index (κ3) is 4.27. The Morgan fingerprint density at radius 2 is 1.46 bits per heavy atom. The first-order valence-corrected chi connectivity index (χ1v) is 11.5. The number of nitrogens with zero attached hydrogens (tertiary/aromatic N) is 1. The van der Waals surface area contributed by atoms with Crippen molar-refractivity contribution >= 4 is 23.2 Å². The molecule has 150 valence electrons. The van der Waals surface area contributed by atoms with Crippen molar-refractivity contribution in [3.63, 3.8) is 0 Å². The van der Waals surface area contributed by atoms with Gasteiger partial charge < -0.3 is 0 Å². The first-order chi connectivity index (χ1) is 13.5. The van der Waals surface area contributed by atoms with Crippen LogP contribution < -0.4 is 0 Å². The van der Waals surface area contributed by atoms with Crippen molar-refractivity contribution in [2.24, 2.45) is 0 Å². The fourth-order valence-corrected chi connectivity index (χ4v) is 5.04. The van der Waals surface area contributed by atoms with Crippen LogP contribution in [0.2, 0.25) is 0 Å². The lowest BCUT2D eigenvalue weighted by Gasteiger charge is -2.29. The smallest absolute Gasteiger partial charge is 0.0699 e. The van der Waals surface area contributed by atoms with Gasteiger partial charge in [-0.25, -0.2) is 0 Å². The largest absolute Gasteiger partial charge is 0.299 e. The quantitative estimate of drug-likeness (QED) is 0.399. The summed E-state index contributed by atoms with van der Waals surface area (Å²) < 4.78 is 0. The molecule has 0 N–H and O–H groups in total. The Hall–Kier alpha value is -1.02. The summed E-state index contributed by atoms with van der Waals surface area (Å²) in [5.41, 5.74) is 5.51. The molecule has 0 aromatic heterocycles. The molecule has 3 heteroatoms. The molecule has 0 saturated heterocycles. The SMILES string of the molecule is CCC(CCc1c(C2(Cl)CC2)cccc1C1(Cl)CC1)N(C)Cc1ccccc1. The minimum absolute atomic E-state index is 0.134. The van der Waals surface area contributed by atoms with Gasteiger partial charge in [-0.1, -0.05) is 55.5 Å². The zero-order valence-electron chi connectivity index (χ0n) is 17.1. The minimum atomic E-state index is -0.134. The third-order valence-corrected chi connectivity index (χ3v) is 7.78. The molecule has 4 rings (SSSR count). The zero-order valence-corrected chi connectivity index (χ0v) is 18.6. The van der Waals surface area contributed by atoms with Crippen LogP contribution >= 0.6 is 23.2 Å². The summed E-state index contributed by atoms with van der Waals surface area (Å²) in [6.07, 6.45) is 7.71. The van der Waals surface area contributed by atoms with Gasteiger partial charge in [0.1, 0.15) is 0 Å². The van der Waals surface area contributed by atoms with Gasteiger partial charge >= 0.3 is 0 Å². The van der Waals surface area contributed by atoms with E-state index in [9.17, 15) is 0 Å². The van der Waals surface area contributed by atoms with Gasteiger partial charge in [-0.2, -0.15) is 0 Å². The molecule has 2 aliphatic rings. The fourth-order valence-electron chi connectivity index (χ4n) is 4.50. The van der Waals surface area contributed by atoms with Crippen molar-refractivity contribution in [2.45, 2.75) is 74.2 Å². The Balaban J connectivity index is 1.51. The topological polar surface area (TPSA) is 3.24 Å². The van der Waals surface area contributed by atoms with E-state index in [1.165, 1.54) is 22.3 Å². The van der Waals surface area contributed by atoms with E-state index in [4.69, 9.17) is 23.2 Å². The number of benzene rings is 2. The maximum Gasteiger partial charge on any atom is 0.0699 e. The van der Waals surface area contributed by atoms with E-state index < -0.39 is 0 Å². The maximum atomic E-state index is 6.88. The second kappa shape index (κ2) is 8.01. The van der Waals surface area contributed by atoms with Gasteiger partial charge in [-0.05, 0) is 74.2 Å². The van der Waals surface area contributed by atoms with Crippen molar-refractivity contribution in [1.82, 2.24) is 4.90 Å². The summed E-state index contributed by atoms with van der Waals surface area (Å²) in [5.74, 6) is 0. The average molecular weight is 416 g/mol. The monoisotopic (exact) mass is 415 g/mol. The highest BCUT2D eigenvalue weighted by molar-refractivity contribution is 6.27. The third-order valence-electron chi connectivity index (χ3n) is 6.62. The highest BCUT2D eigenvalue weighted by Gasteiger charge is 2.48. The molecule has 2 aliphatic carbocycles. The number of hydrogen-bond acceptors (Lipinski definition) is 1.